The van der Waals surface area contributed by atoms with Gasteiger partial charge in [-0.2, -0.15) is 0 Å². The van der Waals surface area contributed by atoms with E-state index in [9.17, 15) is 9.90 Å². The molecule has 0 amide bonds. The van der Waals surface area contributed by atoms with Gasteiger partial charge in [0.25, 0.3) is 0 Å². The van der Waals surface area contributed by atoms with Crippen molar-refractivity contribution >= 4 is 5.78 Å². The first-order valence-corrected chi connectivity index (χ1v) is 9.05. The van der Waals surface area contributed by atoms with Gasteiger partial charge >= 0.3 is 0 Å². The minimum Gasteiger partial charge on any atom is -0.377 e. The van der Waals surface area contributed by atoms with Crippen molar-refractivity contribution in [3.63, 3.8) is 0 Å². The summed E-state index contributed by atoms with van der Waals surface area (Å²) in [7, 11) is 4.45. The quantitative estimate of drug-likeness (QED) is 0.848. The molecule has 0 radical (unpaired) electrons. The molecule has 2 atom stereocenters. The molecule has 2 fully saturated rings. The molecular weight excluding hydrogens is 286 g/mol. The number of hydrogen-bond donors (Lipinski definition) is 1. The normalized spacial score (nSPS) is 27.0. The van der Waals surface area contributed by atoms with E-state index in [1.54, 1.807) is 0 Å². The number of carbonyl (C=O) groups excluding carboxylic acids is 1. The number of benzene rings is 1. The summed E-state index contributed by atoms with van der Waals surface area (Å²) in [5, 5.41) is 11.5. The molecule has 126 valence electrons. The Labute approximate surface area is 139 Å². The zero-order valence-electron chi connectivity index (χ0n) is 14.5. The van der Waals surface area contributed by atoms with Crippen LogP contribution in [0.1, 0.15) is 44.1 Å². The second-order valence-corrected chi connectivity index (χ2v) is 8.24. The first-order valence-electron chi connectivity index (χ1n) is 9.05. The molecular formula is C20H30NO2+. The van der Waals surface area contributed by atoms with E-state index in [4.69, 9.17) is 0 Å². The smallest absolute Gasteiger partial charge is 0.169 e. The maximum atomic E-state index is 13.2. The molecule has 1 saturated heterocycles. The van der Waals surface area contributed by atoms with E-state index < -0.39 is 5.60 Å². The highest BCUT2D eigenvalue weighted by molar-refractivity contribution is 5.89. The van der Waals surface area contributed by atoms with Gasteiger partial charge in [-0.3, -0.25) is 4.79 Å². The molecule has 1 saturated carbocycles. The van der Waals surface area contributed by atoms with E-state index in [1.165, 1.54) is 0 Å². The van der Waals surface area contributed by atoms with Crippen molar-refractivity contribution in [3.05, 3.63) is 35.9 Å². The number of aliphatic hydroxyl groups is 1. The Morgan fingerprint density at radius 3 is 2.39 bits per heavy atom. The lowest BCUT2D eigenvalue weighted by Gasteiger charge is -2.34. The number of quaternary nitrogens is 1. The molecule has 3 nitrogen and oxygen atoms in total. The first-order chi connectivity index (χ1) is 10.9. The first kappa shape index (κ1) is 16.7. The summed E-state index contributed by atoms with van der Waals surface area (Å²) in [6, 6.07) is 9.64. The summed E-state index contributed by atoms with van der Waals surface area (Å²) in [5.41, 5.74) is -0.485. The Balaban J connectivity index is 1.82. The lowest BCUT2D eigenvalue weighted by atomic mass is 9.75. The number of rotatable bonds is 5. The summed E-state index contributed by atoms with van der Waals surface area (Å²) in [6.07, 6.45) is 5.78. The topological polar surface area (TPSA) is 37.3 Å². The second kappa shape index (κ2) is 6.37. The van der Waals surface area contributed by atoms with Gasteiger partial charge in [-0.05, 0) is 24.3 Å². The van der Waals surface area contributed by atoms with Crippen LogP contribution >= 0.6 is 0 Å². The van der Waals surface area contributed by atoms with Gasteiger partial charge in [0.15, 0.2) is 11.4 Å². The van der Waals surface area contributed by atoms with Gasteiger partial charge in [-0.25, -0.2) is 0 Å². The molecule has 0 aromatic heterocycles. The lowest BCUT2D eigenvalue weighted by Crippen LogP contribution is -2.43. The van der Waals surface area contributed by atoms with E-state index in [-0.39, 0.29) is 11.7 Å². The molecule has 1 aliphatic heterocycles. The van der Waals surface area contributed by atoms with Gasteiger partial charge in [-0.1, -0.05) is 43.2 Å². The molecule has 2 aliphatic rings. The molecule has 1 N–H and O–H groups in total. The minimum atomic E-state index is -1.28. The van der Waals surface area contributed by atoms with Crippen LogP contribution in [0.4, 0.5) is 0 Å². The number of likely N-dealkylation sites (tertiary alicyclic amines) is 1. The Bertz CT molecular complexity index is 548. The molecule has 1 aromatic carbocycles. The number of nitrogens with zero attached hydrogens (tertiary/aromatic N) is 1. The third-order valence-corrected chi connectivity index (χ3v) is 5.95. The highest BCUT2D eigenvalue weighted by atomic mass is 16.3. The summed E-state index contributed by atoms with van der Waals surface area (Å²) >= 11 is 0. The van der Waals surface area contributed by atoms with Crippen LogP contribution in [0.3, 0.4) is 0 Å². The lowest BCUT2D eigenvalue weighted by molar-refractivity contribution is -0.879. The fourth-order valence-corrected chi connectivity index (χ4v) is 4.66. The molecule has 23 heavy (non-hydrogen) atoms. The third-order valence-electron chi connectivity index (χ3n) is 5.95. The number of hydrogen-bond acceptors (Lipinski definition) is 2. The minimum absolute atomic E-state index is 0.0440. The molecule has 3 rings (SSSR count). The van der Waals surface area contributed by atoms with Gasteiger partial charge in [0.1, 0.15) is 0 Å². The SMILES string of the molecule is C[N+]1(C)CCC(CC(=O)C(O)(c2ccccc2)C2CCCC2)C1. The Kier molecular flexibility index (Phi) is 4.61. The van der Waals surface area contributed by atoms with Gasteiger partial charge in [0.2, 0.25) is 0 Å². The van der Waals surface area contributed by atoms with Gasteiger partial charge in [0, 0.05) is 18.8 Å². The van der Waals surface area contributed by atoms with Crippen molar-refractivity contribution in [1.29, 1.82) is 0 Å². The second-order valence-electron chi connectivity index (χ2n) is 8.24. The largest absolute Gasteiger partial charge is 0.377 e. The fourth-order valence-electron chi connectivity index (χ4n) is 4.66. The van der Waals surface area contributed by atoms with Crippen molar-refractivity contribution in [2.45, 2.75) is 44.1 Å². The summed E-state index contributed by atoms with van der Waals surface area (Å²) < 4.78 is 0.991. The van der Waals surface area contributed by atoms with Gasteiger partial charge in [0.05, 0.1) is 27.2 Å². The van der Waals surface area contributed by atoms with E-state index in [0.29, 0.717) is 12.3 Å². The van der Waals surface area contributed by atoms with Gasteiger partial charge in [-0.15, -0.1) is 0 Å². The van der Waals surface area contributed by atoms with E-state index in [2.05, 4.69) is 14.1 Å². The number of carbonyl (C=O) groups is 1. The van der Waals surface area contributed by atoms with Crippen molar-refractivity contribution in [2.75, 3.05) is 27.2 Å². The number of Topliss-reactive ketones (excluding diaryl/α,β-unsaturated/α-hetero) is 1. The highest BCUT2D eigenvalue weighted by Crippen LogP contribution is 2.42. The van der Waals surface area contributed by atoms with Crippen molar-refractivity contribution in [1.82, 2.24) is 0 Å². The average Bonchev–Trinajstić information content (AvgIpc) is 3.17. The van der Waals surface area contributed by atoms with E-state index in [0.717, 1.165) is 55.2 Å². The van der Waals surface area contributed by atoms with Crippen molar-refractivity contribution in [2.24, 2.45) is 11.8 Å². The van der Waals surface area contributed by atoms with Crippen molar-refractivity contribution < 1.29 is 14.4 Å². The van der Waals surface area contributed by atoms with E-state index >= 15 is 0 Å². The summed E-state index contributed by atoms with van der Waals surface area (Å²) in [5.74, 6) is 0.540. The molecule has 2 unspecified atom stereocenters. The maximum absolute atomic E-state index is 13.2. The van der Waals surface area contributed by atoms with E-state index in [1.807, 2.05) is 30.3 Å². The zero-order chi connectivity index (χ0) is 16.5. The van der Waals surface area contributed by atoms with Crippen LogP contribution in [-0.2, 0) is 10.4 Å². The third kappa shape index (κ3) is 3.36. The maximum Gasteiger partial charge on any atom is 0.169 e. The molecule has 0 spiro atoms. The average molecular weight is 316 g/mol. The predicted molar refractivity (Wildman–Crippen MR) is 91.9 cm³/mol. The summed E-state index contributed by atoms with van der Waals surface area (Å²) in [4.78, 5) is 13.2. The predicted octanol–water partition coefficient (Wildman–Crippen LogP) is 3.12. The molecule has 1 aromatic rings. The van der Waals surface area contributed by atoms with Gasteiger partial charge < -0.3 is 9.59 Å². The summed E-state index contributed by atoms with van der Waals surface area (Å²) in [6.45, 7) is 2.17. The molecule has 1 heterocycles. The highest BCUT2D eigenvalue weighted by Gasteiger charge is 2.47. The Morgan fingerprint density at radius 2 is 1.83 bits per heavy atom. The monoisotopic (exact) mass is 316 g/mol. The molecule has 1 aliphatic carbocycles. The Morgan fingerprint density at radius 1 is 1.17 bits per heavy atom. The van der Waals surface area contributed by atoms with Crippen LogP contribution in [0, 0.1) is 11.8 Å². The van der Waals surface area contributed by atoms with Crippen molar-refractivity contribution in [3.8, 4) is 0 Å². The van der Waals surface area contributed by atoms with Crippen LogP contribution in [0.2, 0.25) is 0 Å². The van der Waals surface area contributed by atoms with Crippen LogP contribution in [0.5, 0.6) is 0 Å². The standard InChI is InChI=1S/C20H30NO2/c1-21(2)13-12-16(15-21)14-19(22)20(23,18-10-6-7-11-18)17-8-4-3-5-9-17/h3-5,8-9,16,18,23H,6-7,10-15H2,1-2H3/q+1. The van der Waals surface area contributed by atoms with Crippen LogP contribution in [0.25, 0.3) is 0 Å². The van der Waals surface area contributed by atoms with Crippen LogP contribution in [-0.4, -0.2) is 42.6 Å². The number of ketones is 1. The zero-order valence-corrected chi connectivity index (χ0v) is 14.5. The molecule has 3 heteroatoms. The van der Waals surface area contributed by atoms with Crippen LogP contribution < -0.4 is 0 Å². The molecule has 0 bridgehead atoms. The van der Waals surface area contributed by atoms with Crippen LogP contribution in [0.15, 0.2) is 30.3 Å². The fraction of sp³-hybridized carbons (Fsp3) is 0.650. The Hall–Kier alpha value is -1.19.